The first-order valence-corrected chi connectivity index (χ1v) is 6.43. The Labute approximate surface area is 104 Å². The van der Waals surface area contributed by atoms with Crippen LogP contribution >= 0.6 is 11.3 Å². The molecule has 1 aliphatic rings. The molecule has 2 heterocycles. The van der Waals surface area contributed by atoms with E-state index in [2.05, 4.69) is 0 Å². The lowest BCUT2D eigenvalue weighted by Gasteiger charge is -2.21. The van der Waals surface area contributed by atoms with Crippen molar-refractivity contribution in [3.8, 4) is 0 Å². The van der Waals surface area contributed by atoms with Crippen LogP contribution in [0.25, 0.3) is 0 Å². The minimum Gasteiger partial charge on any atom is -0.480 e. The molecule has 1 atom stereocenters. The zero-order chi connectivity index (χ0) is 12.6. The quantitative estimate of drug-likeness (QED) is 0.877. The van der Waals surface area contributed by atoms with Crippen LogP contribution in [0, 0.1) is 13.8 Å². The fourth-order valence-electron chi connectivity index (χ4n) is 2.26. The predicted molar refractivity (Wildman–Crippen MR) is 65.5 cm³/mol. The number of aryl methyl sites for hydroxylation is 2. The van der Waals surface area contributed by atoms with Crippen molar-refractivity contribution in [3.05, 3.63) is 21.4 Å². The number of carboxylic acid groups (broad SMARTS) is 1. The molecule has 1 aromatic rings. The van der Waals surface area contributed by atoms with Crippen molar-refractivity contribution in [2.75, 3.05) is 6.54 Å². The molecule has 1 aliphatic heterocycles. The lowest BCUT2D eigenvalue weighted by Crippen LogP contribution is -2.40. The molecule has 5 heteroatoms. The number of hydrogen-bond donors (Lipinski definition) is 1. The van der Waals surface area contributed by atoms with Gasteiger partial charge in [-0.05, 0) is 32.8 Å². The Morgan fingerprint density at radius 1 is 1.47 bits per heavy atom. The van der Waals surface area contributed by atoms with Crippen molar-refractivity contribution in [2.45, 2.75) is 32.7 Å². The second-order valence-corrected chi connectivity index (χ2v) is 5.78. The van der Waals surface area contributed by atoms with Crippen LogP contribution < -0.4 is 0 Å². The number of carbonyl (C=O) groups is 2. The zero-order valence-corrected chi connectivity index (χ0v) is 10.7. The highest BCUT2D eigenvalue weighted by atomic mass is 32.1. The summed E-state index contributed by atoms with van der Waals surface area (Å²) >= 11 is 1.57. The first kappa shape index (κ1) is 12.1. The summed E-state index contributed by atoms with van der Waals surface area (Å²) in [6.45, 7) is 4.40. The maximum atomic E-state index is 12.3. The number of rotatable bonds is 2. The molecule has 4 nitrogen and oxygen atoms in total. The maximum Gasteiger partial charge on any atom is 0.326 e. The van der Waals surface area contributed by atoms with Crippen molar-refractivity contribution in [1.82, 2.24) is 4.90 Å². The molecule has 0 radical (unpaired) electrons. The van der Waals surface area contributed by atoms with Gasteiger partial charge in [-0.15, -0.1) is 11.3 Å². The van der Waals surface area contributed by atoms with Gasteiger partial charge in [0, 0.05) is 16.3 Å². The van der Waals surface area contributed by atoms with Gasteiger partial charge in [0.15, 0.2) is 0 Å². The summed E-state index contributed by atoms with van der Waals surface area (Å²) < 4.78 is 0. The predicted octanol–water partition coefficient (Wildman–Crippen LogP) is 2.05. The van der Waals surface area contributed by atoms with E-state index in [0.717, 1.165) is 16.2 Å². The Balaban J connectivity index is 2.25. The van der Waals surface area contributed by atoms with Gasteiger partial charge in [-0.2, -0.15) is 0 Å². The summed E-state index contributed by atoms with van der Waals surface area (Å²) in [6.07, 6.45) is 1.33. The van der Waals surface area contributed by atoms with Gasteiger partial charge in [-0.3, -0.25) is 4.79 Å². The highest BCUT2D eigenvalue weighted by Gasteiger charge is 2.35. The van der Waals surface area contributed by atoms with Crippen LogP contribution in [0.2, 0.25) is 0 Å². The highest BCUT2D eigenvalue weighted by molar-refractivity contribution is 7.12. The Morgan fingerprint density at radius 3 is 2.71 bits per heavy atom. The van der Waals surface area contributed by atoms with Crippen LogP contribution in [-0.2, 0) is 4.79 Å². The lowest BCUT2D eigenvalue weighted by molar-refractivity contribution is -0.141. The Morgan fingerprint density at radius 2 is 2.18 bits per heavy atom. The molecule has 1 N–H and O–H groups in total. The van der Waals surface area contributed by atoms with E-state index in [0.29, 0.717) is 18.5 Å². The molecule has 92 valence electrons. The number of hydrogen-bond acceptors (Lipinski definition) is 3. The number of carboxylic acids is 1. The molecule has 1 aromatic heterocycles. The average molecular weight is 253 g/mol. The monoisotopic (exact) mass is 253 g/mol. The van der Waals surface area contributed by atoms with Gasteiger partial charge in [0.2, 0.25) is 0 Å². The third-order valence-electron chi connectivity index (χ3n) is 3.07. The van der Waals surface area contributed by atoms with E-state index in [4.69, 9.17) is 5.11 Å². The second-order valence-electron chi connectivity index (χ2n) is 4.32. The number of thiophene rings is 1. The fourth-order valence-corrected chi connectivity index (χ4v) is 3.18. The smallest absolute Gasteiger partial charge is 0.326 e. The van der Waals surface area contributed by atoms with E-state index in [1.165, 1.54) is 4.90 Å². The van der Waals surface area contributed by atoms with Crippen molar-refractivity contribution in [3.63, 3.8) is 0 Å². The molecule has 0 bridgehead atoms. The maximum absolute atomic E-state index is 12.3. The van der Waals surface area contributed by atoms with Gasteiger partial charge in [0.05, 0.1) is 5.56 Å². The van der Waals surface area contributed by atoms with Gasteiger partial charge in [0.25, 0.3) is 5.91 Å². The molecule has 0 aliphatic carbocycles. The molecule has 17 heavy (non-hydrogen) atoms. The van der Waals surface area contributed by atoms with E-state index < -0.39 is 12.0 Å². The highest BCUT2D eigenvalue weighted by Crippen LogP contribution is 2.26. The molecule has 0 saturated carbocycles. The van der Waals surface area contributed by atoms with Crippen LogP contribution in [0.3, 0.4) is 0 Å². The minimum absolute atomic E-state index is 0.142. The molecular formula is C12H15NO3S. The number of nitrogens with zero attached hydrogens (tertiary/aromatic N) is 1. The van der Waals surface area contributed by atoms with E-state index in [-0.39, 0.29) is 5.91 Å². The normalized spacial score (nSPS) is 19.6. The van der Waals surface area contributed by atoms with Crippen molar-refractivity contribution in [2.24, 2.45) is 0 Å². The average Bonchev–Trinajstić information content (AvgIpc) is 2.83. The Bertz CT molecular complexity index is 466. The van der Waals surface area contributed by atoms with Crippen molar-refractivity contribution >= 4 is 23.2 Å². The molecule has 1 unspecified atom stereocenters. The van der Waals surface area contributed by atoms with Gasteiger partial charge in [-0.25, -0.2) is 4.79 Å². The van der Waals surface area contributed by atoms with E-state index in [1.807, 2.05) is 19.9 Å². The number of aliphatic carboxylic acids is 1. The van der Waals surface area contributed by atoms with Crippen molar-refractivity contribution in [1.29, 1.82) is 0 Å². The first-order valence-electron chi connectivity index (χ1n) is 5.61. The SMILES string of the molecule is Cc1cc(C(=O)N2CCCC2C(=O)O)c(C)s1. The molecule has 1 amide bonds. The molecular weight excluding hydrogens is 238 g/mol. The van der Waals surface area contributed by atoms with Crippen LogP contribution in [0.1, 0.15) is 33.0 Å². The number of likely N-dealkylation sites (tertiary alicyclic amines) is 1. The van der Waals surface area contributed by atoms with Gasteiger partial charge >= 0.3 is 5.97 Å². The first-order chi connectivity index (χ1) is 8.00. The summed E-state index contributed by atoms with van der Waals surface area (Å²) in [4.78, 5) is 26.8. The largest absolute Gasteiger partial charge is 0.480 e. The summed E-state index contributed by atoms with van der Waals surface area (Å²) in [5, 5.41) is 9.06. The zero-order valence-electron chi connectivity index (χ0n) is 9.90. The van der Waals surface area contributed by atoms with E-state index in [9.17, 15) is 9.59 Å². The summed E-state index contributed by atoms with van der Waals surface area (Å²) in [5.74, 6) is -1.04. The lowest BCUT2D eigenvalue weighted by atomic mass is 10.2. The third-order valence-corrected chi connectivity index (χ3v) is 4.04. The topological polar surface area (TPSA) is 57.6 Å². The van der Waals surface area contributed by atoms with Crippen LogP contribution in [0.5, 0.6) is 0 Å². The fraction of sp³-hybridized carbons (Fsp3) is 0.500. The molecule has 1 saturated heterocycles. The minimum atomic E-state index is -0.902. The molecule has 0 aromatic carbocycles. The van der Waals surface area contributed by atoms with Gasteiger partial charge in [0.1, 0.15) is 6.04 Å². The van der Waals surface area contributed by atoms with E-state index >= 15 is 0 Å². The summed E-state index contributed by atoms with van der Waals surface area (Å²) in [5.41, 5.74) is 0.653. The molecule has 2 rings (SSSR count). The third kappa shape index (κ3) is 2.20. The Kier molecular flexibility index (Phi) is 3.19. The van der Waals surface area contributed by atoms with Crippen LogP contribution in [0.4, 0.5) is 0 Å². The standard InChI is InChI=1S/C12H15NO3S/c1-7-6-9(8(2)17-7)11(14)13-5-3-4-10(13)12(15)16/h6,10H,3-5H2,1-2H3,(H,15,16). The van der Waals surface area contributed by atoms with Crippen molar-refractivity contribution < 1.29 is 14.7 Å². The number of carbonyl (C=O) groups excluding carboxylic acids is 1. The van der Waals surface area contributed by atoms with Gasteiger partial charge < -0.3 is 10.0 Å². The second kappa shape index (κ2) is 4.49. The van der Waals surface area contributed by atoms with E-state index in [1.54, 1.807) is 11.3 Å². The molecule has 0 spiro atoms. The number of amides is 1. The summed E-state index contributed by atoms with van der Waals surface area (Å²) in [6, 6.07) is 1.20. The van der Waals surface area contributed by atoms with Crippen LogP contribution in [0.15, 0.2) is 6.07 Å². The van der Waals surface area contributed by atoms with Gasteiger partial charge in [-0.1, -0.05) is 0 Å². The molecule has 1 fully saturated rings. The summed E-state index contributed by atoms with van der Waals surface area (Å²) in [7, 11) is 0. The Hall–Kier alpha value is -1.36. The van der Waals surface area contributed by atoms with Crippen LogP contribution in [-0.4, -0.2) is 34.5 Å².